The summed E-state index contributed by atoms with van der Waals surface area (Å²) in [5, 5.41) is 3.04. The third-order valence-electron chi connectivity index (χ3n) is 5.86. The topological polar surface area (TPSA) is 67.9 Å². The van der Waals surface area contributed by atoms with Gasteiger partial charge in [0.05, 0.1) is 6.04 Å². The van der Waals surface area contributed by atoms with Gasteiger partial charge in [0.1, 0.15) is 0 Å². The van der Waals surface area contributed by atoms with Crippen molar-refractivity contribution in [2.75, 3.05) is 19.9 Å². The number of nitrogens with one attached hydrogen (secondary N) is 1. The molecule has 2 aliphatic heterocycles. The summed E-state index contributed by atoms with van der Waals surface area (Å²) in [6.45, 7) is 1.78. The van der Waals surface area contributed by atoms with E-state index in [4.69, 9.17) is 9.47 Å². The molecule has 1 aliphatic carbocycles. The second-order valence-corrected chi connectivity index (χ2v) is 7.96. The maximum absolute atomic E-state index is 12.3. The molecular formula is C21H28N2O4. The Bertz CT molecular complexity index is 699. The summed E-state index contributed by atoms with van der Waals surface area (Å²) >= 11 is 0. The molecule has 0 bridgehead atoms. The summed E-state index contributed by atoms with van der Waals surface area (Å²) in [4.78, 5) is 26.5. The Morgan fingerprint density at radius 1 is 1.15 bits per heavy atom. The van der Waals surface area contributed by atoms with Gasteiger partial charge in [-0.25, -0.2) is 0 Å². The molecule has 1 aromatic rings. The van der Waals surface area contributed by atoms with E-state index in [2.05, 4.69) is 5.32 Å². The van der Waals surface area contributed by atoms with Gasteiger partial charge in [-0.2, -0.15) is 0 Å². The summed E-state index contributed by atoms with van der Waals surface area (Å²) in [6.07, 6.45) is 7.85. The predicted molar refractivity (Wildman–Crippen MR) is 101 cm³/mol. The molecule has 6 nitrogen and oxygen atoms in total. The smallest absolute Gasteiger partial charge is 0.231 e. The number of hydrogen-bond donors (Lipinski definition) is 1. The molecule has 1 saturated carbocycles. The molecule has 27 heavy (non-hydrogen) atoms. The van der Waals surface area contributed by atoms with Crippen molar-refractivity contribution in [3.63, 3.8) is 0 Å². The van der Waals surface area contributed by atoms with Gasteiger partial charge in [-0.05, 0) is 42.9 Å². The van der Waals surface area contributed by atoms with Gasteiger partial charge < -0.3 is 19.7 Å². The molecule has 146 valence electrons. The molecule has 1 atom stereocenters. The molecular weight excluding hydrogens is 344 g/mol. The molecule has 1 saturated heterocycles. The van der Waals surface area contributed by atoms with Crippen LogP contribution in [0.5, 0.6) is 11.5 Å². The van der Waals surface area contributed by atoms with Crippen LogP contribution in [0.4, 0.5) is 0 Å². The maximum Gasteiger partial charge on any atom is 0.231 e. The number of benzene rings is 1. The molecule has 0 spiro atoms. The molecule has 2 fully saturated rings. The molecule has 2 amide bonds. The van der Waals surface area contributed by atoms with Crippen molar-refractivity contribution in [3.8, 4) is 11.5 Å². The first kappa shape index (κ1) is 18.1. The minimum absolute atomic E-state index is 0.00461. The highest BCUT2D eigenvalue weighted by Gasteiger charge is 2.32. The van der Waals surface area contributed by atoms with Crippen LogP contribution in [0.3, 0.4) is 0 Å². The lowest BCUT2D eigenvalue weighted by atomic mass is 9.89. The number of ether oxygens (including phenoxy) is 2. The van der Waals surface area contributed by atoms with E-state index in [1.54, 1.807) is 0 Å². The van der Waals surface area contributed by atoms with E-state index in [9.17, 15) is 9.59 Å². The molecule has 6 heteroatoms. The third-order valence-corrected chi connectivity index (χ3v) is 5.86. The summed E-state index contributed by atoms with van der Waals surface area (Å²) in [6, 6.07) is 5.73. The maximum atomic E-state index is 12.3. The van der Waals surface area contributed by atoms with E-state index in [0.717, 1.165) is 23.6 Å². The quantitative estimate of drug-likeness (QED) is 0.834. The lowest BCUT2D eigenvalue weighted by molar-refractivity contribution is -0.128. The summed E-state index contributed by atoms with van der Waals surface area (Å²) in [7, 11) is 0. The first-order valence-electron chi connectivity index (χ1n) is 10.1. The minimum atomic E-state index is -0.0506. The first-order valence-corrected chi connectivity index (χ1v) is 10.1. The van der Waals surface area contributed by atoms with Gasteiger partial charge in [0.15, 0.2) is 11.5 Å². The largest absolute Gasteiger partial charge is 0.454 e. The number of carbonyl (C=O) groups is 2. The number of fused-ring (bicyclic) bond motifs is 1. The average Bonchev–Trinajstić information content (AvgIpc) is 3.27. The number of nitrogens with zero attached hydrogens (tertiary/aromatic N) is 1. The molecule has 1 N–H and O–H groups in total. The van der Waals surface area contributed by atoms with Crippen LogP contribution in [0.15, 0.2) is 18.2 Å². The predicted octanol–water partition coefficient (Wildman–Crippen LogP) is 2.65. The van der Waals surface area contributed by atoms with E-state index in [1.807, 2.05) is 23.1 Å². The van der Waals surface area contributed by atoms with Crippen LogP contribution in [0.25, 0.3) is 0 Å². The van der Waals surface area contributed by atoms with Gasteiger partial charge in [-0.15, -0.1) is 0 Å². The van der Waals surface area contributed by atoms with Crippen LogP contribution in [-0.4, -0.2) is 42.6 Å². The van der Waals surface area contributed by atoms with Crippen molar-refractivity contribution in [1.82, 2.24) is 10.2 Å². The molecule has 2 heterocycles. The standard InChI is InChI=1S/C21H28N2O4/c24-20(9-7-15-6-8-18-19(10-15)27-14-26-18)22-17-11-21(25)23(13-17)12-16-4-2-1-3-5-16/h6,8,10,16-17H,1-5,7,9,11-14H2,(H,22,24)/t17-/m0/s1. The molecule has 1 aromatic carbocycles. The Morgan fingerprint density at radius 2 is 1.96 bits per heavy atom. The Balaban J connectivity index is 1.22. The lowest BCUT2D eigenvalue weighted by Gasteiger charge is -2.27. The van der Waals surface area contributed by atoms with Crippen molar-refractivity contribution in [1.29, 1.82) is 0 Å². The van der Waals surface area contributed by atoms with Crippen LogP contribution in [0.1, 0.15) is 50.5 Å². The van der Waals surface area contributed by atoms with Crippen molar-refractivity contribution < 1.29 is 19.1 Å². The molecule has 3 aliphatic rings. The van der Waals surface area contributed by atoms with Crippen molar-refractivity contribution >= 4 is 11.8 Å². The van der Waals surface area contributed by atoms with Gasteiger partial charge in [0.2, 0.25) is 18.6 Å². The SMILES string of the molecule is O=C(CCc1ccc2c(c1)OCO2)N[C@H]1CC(=O)N(CC2CCCCC2)C1. The van der Waals surface area contributed by atoms with E-state index in [1.165, 1.54) is 32.1 Å². The van der Waals surface area contributed by atoms with Gasteiger partial charge in [0, 0.05) is 25.9 Å². The zero-order valence-electron chi connectivity index (χ0n) is 15.7. The highest BCUT2D eigenvalue weighted by Crippen LogP contribution is 2.32. The fourth-order valence-electron chi connectivity index (χ4n) is 4.38. The number of amides is 2. The van der Waals surface area contributed by atoms with Crippen molar-refractivity contribution in [3.05, 3.63) is 23.8 Å². The van der Waals surface area contributed by atoms with E-state index in [0.29, 0.717) is 31.7 Å². The van der Waals surface area contributed by atoms with Gasteiger partial charge in [-0.1, -0.05) is 25.3 Å². The number of hydrogen-bond acceptors (Lipinski definition) is 4. The Labute approximate surface area is 160 Å². The second-order valence-electron chi connectivity index (χ2n) is 7.96. The monoisotopic (exact) mass is 372 g/mol. The average molecular weight is 372 g/mol. The van der Waals surface area contributed by atoms with Crippen LogP contribution in [-0.2, 0) is 16.0 Å². The zero-order chi connectivity index (χ0) is 18.6. The molecule has 0 unspecified atom stereocenters. The van der Waals surface area contributed by atoms with E-state index < -0.39 is 0 Å². The Kier molecular flexibility index (Phi) is 5.50. The fourth-order valence-corrected chi connectivity index (χ4v) is 4.38. The van der Waals surface area contributed by atoms with Crippen molar-refractivity contribution in [2.45, 2.75) is 57.4 Å². The normalized spacial score (nSPS) is 22.3. The van der Waals surface area contributed by atoms with Crippen LogP contribution in [0, 0.1) is 5.92 Å². The van der Waals surface area contributed by atoms with Gasteiger partial charge >= 0.3 is 0 Å². The first-order chi connectivity index (χ1) is 13.2. The van der Waals surface area contributed by atoms with E-state index >= 15 is 0 Å². The number of aryl methyl sites for hydroxylation is 1. The van der Waals surface area contributed by atoms with Gasteiger partial charge in [0.25, 0.3) is 0 Å². The number of rotatable bonds is 6. The zero-order valence-corrected chi connectivity index (χ0v) is 15.7. The highest BCUT2D eigenvalue weighted by molar-refractivity contribution is 5.82. The molecule has 4 rings (SSSR count). The summed E-state index contributed by atoms with van der Waals surface area (Å²) < 4.78 is 10.7. The lowest BCUT2D eigenvalue weighted by Crippen LogP contribution is -2.38. The molecule has 0 aromatic heterocycles. The molecule has 0 radical (unpaired) electrons. The number of likely N-dealkylation sites (tertiary alicyclic amines) is 1. The minimum Gasteiger partial charge on any atom is -0.454 e. The van der Waals surface area contributed by atoms with E-state index in [-0.39, 0.29) is 24.6 Å². The summed E-state index contributed by atoms with van der Waals surface area (Å²) in [5.74, 6) is 2.33. The second kappa shape index (κ2) is 8.19. The van der Waals surface area contributed by atoms with Crippen LogP contribution >= 0.6 is 0 Å². The summed E-state index contributed by atoms with van der Waals surface area (Å²) in [5.41, 5.74) is 1.05. The number of carbonyl (C=O) groups excluding carboxylic acids is 2. The van der Waals surface area contributed by atoms with Gasteiger partial charge in [-0.3, -0.25) is 9.59 Å². The fraction of sp³-hybridized carbons (Fsp3) is 0.619. The van der Waals surface area contributed by atoms with Crippen molar-refractivity contribution in [2.24, 2.45) is 5.92 Å². The highest BCUT2D eigenvalue weighted by atomic mass is 16.7. The third kappa shape index (κ3) is 4.54. The van der Waals surface area contributed by atoms with Crippen LogP contribution < -0.4 is 14.8 Å². The Morgan fingerprint density at radius 3 is 2.81 bits per heavy atom. The Hall–Kier alpha value is -2.24. The van der Waals surface area contributed by atoms with Crippen LogP contribution in [0.2, 0.25) is 0 Å².